The minimum absolute atomic E-state index is 0.0902. The Balaban J connectivity index is 1.30. The number of halogens is 1. The number of rotatable bonds is 5. The molecule has 146 valence electrons. The lowest BCUT2D eigenvalue weighted by Gasteiger charge is -2.16. The van der Waals surface area contributed by atoms with Gasteiger partial charge in [-0.25, -0.2) is 0 Å². The van der Waals surface area contributed by atoms with Crippen LogP contribution in [0.25, 0.3) is 0 Å². The number of imide groups is 1. The zero-order valence-electron chi connectivity index (χ0n) is 15.2. The molecule has 1 saturated carbocycles. The molecule has 2 fully saturated rings. The molecule has 2 bridgehead atoms. The molecule has 0 unspecified atom stereocenters. The van der Waals surface area contributed by atoms with E-state index in [0.29, 0.717) is 5.69 Å². The number of nitrogens with zero attached hydrogens (tertiary/aromatic N) is 1. The van der Waals surface area contributed by atoms with E-state index in [0.717, 1.165) is 21.4 Å². The Hall–Kier alpha value is -2.48. The monoisotopic (exact) mass is 446 g/mol. The van der Waals surface area contributed by atoms with Crippen LogP contribution in [0.2, 0.25) is 0 Å². The van der Waals surface area contributed by atoms with Gasteiger partial charge in [-0.2, -0.15) is 0 Å². The van der Waals surface area contributed by atoms with E-state index in [1.54, 1.807) is 12.1 Å². The first kappa shape index (κ1) is 18.9. The van der Waals surface area contributed by atoms with E-state index in [9.17, 15) is 19.2 Å². The van der Waals surface area contributed by atoms with Crippen molar-refractivity contribution in [3.8, 4) is 0 Å². The van der Waals surface area contributed by atoms with Crippen LogP contribution >= 0.6 is 15.9 Å². The minimum Gasteiger partial charge on any atom is -0.454 e. The summed E-state index contributed by atoms with van der Waals surface area (Å²) in [7, 11) is 0. The van der Waals surface area contributed by atoms with Crippen LogP contribution in [0, 0.1) is 30.6 Å². The first-order valence-electron chi connectivity index (χ1n) is 9.10. The topological polar surface area (TPSA) is 92.8 Å². The summed E-state index contributed by atoms with van der Waals surface area (Å²) in [6.45, 7) is 0.911. The molecule has 7 nitrogen and oxygen atoms in total. The fourth-order valence-electron chi connectivity index (χ4n) is 4.39. The van der Waals surface area contributed by atoms with Crippen LogP contribution in [-0.2, 0) is 23.9 Å². The average molecular weight is 447 g/mol. The van der Waals surface area contributed by atoms with Crippen molar-refractivity contribution in [2.75, 3.05) is 18.5 Å². The molecule has 1 saturated heterocycles. The van der Waals surface area contributed by atoms with Gasteiger partial charge in [0.1, 0.15) is 6.54 Å². The van der Waals surface area contributed by atoms with Gasteiger partial charge in [0.05, 0.1) is 11.8 Å². The van der Waals surface area contributed by atoms with E-state index < -0.39 is 25.0 Å². The Bertz CT molecular complexity index is 882. The summed E-state index contributed by atoms with van der Waals surface area (Å²) < 4.78 is 5.86. The summed E-state index contributed by atoms with van der Waals surface area (Å²) in [5, 5.41) is 2.66. The molecule has 1 aromatic rings. The zero-order valence-corrected chi connectivity index (χ0v) is 16.8. The van der Waals surface area contributed by atoms with Crippen molar-refractivity contribution in [2.45, 2.75) is 13.3 Å². The predicted octanol–water partition coefficient (Wildman–Crippen LogP) is 2.05. The van der Waals surface area contributed by atoms with Crippen LogP contribution < -0.4 is 5.32 Å². The number of benzene rings is 1. The van der Waals surface area contributed by atoms with Crippen LogP contribution in [0.15, 0.2) is 34.8 Å². The lowest BCUT2D eigenvalue weighted by atomic mass is 9.85. The number of esters is 1. The number of amides is 3. The predicted molar refractivity (Wildman–Crippen MR) is 103 cm³/mol. The van der Waals surface area contributed by atoms with Gasteiger partial charge in [-0.1, -0.05) is 28.1 Å². The highest BCUT2D eigenvalue weighted by molar-refractivity contribution is 9.10. The van der Waals surface area contributed by atoms with Gasteiger partial charge in [-0.3, -0.25) is 24.1 Å². The summed E-state index contributed by atoms with van der Waals surface area (Å²) in [6.07, 6.45) is 4.82. The molecule has 0 spiro atoms. The molecule has 1 aromatic carbocycles. The van der Waals surface area contributed by atoms with Gasteiger partial charge in [0.25, 0.3) is 5.91 Å². The molecule has 4 atom stereocenters. The number of likely N-dealkylation sites (tertiary alicyclic amines) is 1. The first-order valence-corrected chi connectivity index (χ1v) is 9.89. The largest absolute Gasteiger partial charge is 0.454 e. The lowest BCUT2D eigenvalue weighted by Crippen LogP contribution is -2.38. The van der Waals surface area contributed by atoms with Crippen molar-refractivity contribution >= 4 is 45.3 Å². The molecule has 2 aliphatic carbocycles. The summed E-state index contributed by atoms with van der Waals surface area (Å²) in [5.41, 5.74) is 1.47. The molecule has 0 radical (unpaired) electrons. The summed E-state index contributed by atoms with van der Waals surface area (Å²) >= 11 is 3.35. The highest BCUT2D eigenvalue weighted by Crippen LogP contribution is 2.52. The van der Waals surface area contributed by atoms with Crippen molar-refractivity contribution in [3.63, 3.8) is 0 Å². The third-order valence-corrected chi connectivity index (χ3v) is 6.17. The number of carbonyl (C=O) groups is 4. The van der Waals surface area contributed by atoms with Crippen molar-refractivity contribution < 1.29 is 23.9 Å². The van der Waals surface area contributed by atoms with E-state index in [-0.39, 0.29) is 35.5 Å². The highest BCUT2D eigenvalue weighted by atomic mass is 79.9. The number of allylic oxidation sites excluding steroid dienone is 2. The van der Waals surface area contributed by atoms with Crippen molar-refractivity contribution in [1.82, 2.24) is 4.90 Å². The lowest BCUT2D eigenvalue weighted by molar-refractivity contribution is -0.154. The highest BCUT2D eigenvalue weighted by Gasteiger charge is 2.59. The van der Waals surface area contributed by atoms with Gasteiger partial charge in [0.15, 0.2) is 6.61 Å². The molecular formula is C20H19BrN2O5. The van der Waals surface area contributed by atoms with E-state index in [4.69, 9.17) is 4.74 Å². The van der Waals surface area contributed by atoms with E-state index in [2.05, 4.69) is 21.2 Å². The molecule has 1 heterocycles. The van der Waals surface area contributed by atoms with E-state index >= 15 is 0 Å². The average Bonchev–Trinajstić information content (AvgIpc) is 3.32. The smallest absolute Gasteiger partial charge is 0.326 e. The molecule has 28 heavy (non-hydrogen) atoms. The summed E-state index contributed by atoms with van der Waals surface area (Å²) in [5.74, 6) is -2.39. The van der Waals surface area contributed by atoms with Gasteiger partial charge in [-0.15, -0.1) is 0 Å². The summed E-state index contributed by atoms with van der Waals surface area (Å²) in [6, 6.07) is 5.38. The Morgan fingerprint density at radius 2 is 1.82 bits per heavy atom. The van der Waals surface area contributed by atoms with Gasteiger partial charge < -0.3 is 10.1 Å². The number of nitrogens with one attached hydrogen (secondary N) is 1. The third kappa shape index (κ3) is 3.26. The van der Waals surface area contributed by atoms with Crippen LogP contribution in [0.4, 0.5) is 5.69 Å². The van der Waals surface area contributed by atoms with Gasteiger partial charge in [-0.05, 0) is 48.9 Å². The number of carbonyl (C=O) groups excluding carboxylic acids is 4. The molecule has 3 aliphatic rings. The quantitative estimate of drug-likeness (QED) is 0.424. The summed E-state index contributed by atoms with van der Waals surface area (Å²) in [4.78, 5) is 50.2. The second-order valence-electron chi connectivity index (χ2n) is 7.43. The van der Waals surface area contributed by atoms with Crippen molar-refractivity contribution in [2.24, 2.45) is 23.7 Å². The molecule has 4 rings (SSSR count). The second-order valence-corrected chi connectivity index (χ2v) is 8.35. The maximum absolute atomic E-state index is 12.5. The van der Waals surface area contributed by atoms with Gasteiger partial charge >= 0.3 is 5.97 Å². The van der Waals surface area contributed by atoms with Gasteiger partial charge in [0.2, 0.25) is 11.8 Å². The number of aryl methyl sites for hydroxylation is 1. The number of hydrogen-bond donors (Lipinski definition) is 1. The molecular weight excluding hydrogens is 428 g/mol. The van der Waals surface area contributed by atoms with Crippen LogP contribution in [0.3, 0.4) is 0 Å². The molecule has 3 amide bonds. The molecule has 0 aromatic heterocycles. The molecule has 8 heteroatoms. The fraction of sp³-hybridized carbons (Fsp3) is 0.400. The molecule has 1 N–H and O–H groups in total. The second kappa shape index (κ2) is 7.16. The molecule has 1 aliphatic heterocycles. The van der Waals surface area contributed by atoms with E-state index in [1.807, 2.05) is 25.1 Å². The fourth-order valence-corrected chi connectivity index (χ4v) is 4.87. The van der Waals surface area contributed by atoms with Crippen LogP contribution in [0.5, 0.6) is 0 Å². The van der Waals surface area contributed by atoms with Crippen molar-refractivity contribution in [1.29, 1.82) is 0 Å². The van der Waals surface area contributed by atoms with Crippen molar-refractivity contribution in [3.05, 3.63) is 40.4 Å². The third-order valence-electron chi connectivity index (χ3n) is 5.68. The van der Waals surface area contributed by atoms with E-state index in [1.165, 1.54) is 0 Å². The Morgan fingerprint density at radius 3 is 2.43 bits per heavy atom. The number of hydrogen-bond acceptors (Lipinski definition) is 5. The number of anilines is 1. The number of ether oxygens (including phenoxy) is 1. The maximum Gasteiger partial charge on any atom is 0.326 e. The maximum atomic E-state index is 12.5. The van der Waals surface area contributed by atoms with Gasteiger partial charge in [0, 0.05) is 10.2 Å². The zero-order chi connectivity index (χ0) is 20.0. The SMILES string of the molecule is Cc1cc(Br)ccc1NC(=O)COC(=O)CN1C(=O)[C@@H]2[C@H](C1=O)[C@H]1C=C[C@H]2C1. The Labute approximate surface area is 170 Å². The normalized spacial score (nSPS) is 27.3. The minimum atomic E-state index is -0.773. The number of fused-ring (bicyclic) bond motifs is 5. The van der Waals surface area contributed by atoms with Crippen LogP contribution in [0.1, 0.15) is 12.0 Å². The standard InChI is InChI=1S/C20H19BrN2O5/c1-10-6-13(21)4-5-14(10)22-15(24)9-28-16(25)8-23-19(26)17-11-2-3-12(7-11)18(17)20(23)27/h2-6,11-12,17-18H,7-9H2,1H3,(H,22,24)/t11-,12-,17-,18+/m0/s1. The Morgan fingerprint density at radius 1 is 1.18 bits per heavy atom. The first-order chi connectivity index (χ1) is 13.3. The van der Waals surface area contributed by atoms with Crippen LogP contribution in [-0.4, -0.2) is 41.7 Å². The Kier molecular flexibility index (Phi) is 4.82.